The molecular weight excluding hydrogens is 244 g/mol. The van der Waals surface area contributed by atoms with Crippen LogP contribution in [0.2, 0.25) is 0 Å². The molecule has 2 rings (SSSR count). The fraction of sp³-hybridized carbons (Fsp3) is 0.429. The number of carbonyl (C=O) groups excluding carboxylic acids is 1. The Bertz CT molecular complexity index is 490. The van der Waals surface area contributed by atoms with Crippen molar-refractivity contribution >= 4 is 17.6 Å². The van der Waals surface area contributed by atoms with Gasteiger partial charge in [-0.25, -0.2) is 0 Å². The van der Waals surface area contributed by atoms with Crippen molar-refractivity contribution in [1.82, 2.24) is 0 Å². The first kappa shape index (κ1) is 13.5. The zero-order valence-electron chi connectivity index (χ0n) is 10.7. The topological polar surface area (TPSA) is 92.4 Å². The van der Waals surface area contributed by atoms with E-state index < -0.39 is 11.4 Å². The van der Waals surface area contributed by atoms with Gasteiger partial charge in [-0.1, -0.05) is 18.6 Å². The van der Waals surface area contributed by atoms with Gasteiger partial charge in [0, 0.05) is 12.2 Å². The first-order chi connectivity index (χ1) is 9.05. The minimum atomic E-state index is -0.888. The summed E-state index contributed by atoms with van der Waals surface area (Å²) in [4.78, 5) is 22.8. The van der Waals surface area contributed by atoms with E-state index >= 15 is 0 Å². The van der Waals surface area contributed by atoms with Crippen molar-refractivity contribution < 1.29 is 14.7 Å². The van der Waals surface area contributed by atoms with Gasteiger partial charge in [-0.05, 0) is 30.5 Å². The lowest BCUT2D eigenvalue weighted by Crippen LogP contribution is -2.47. The van der Waals surface area contributed by atoms with Crippen molar-refractivity contribution in [3.63, 3.8) is 0 Å². The largest absolute Gasteiger partial charge is 0.481 e. The predicted molar refractivity (Wildman–Crippen MR) is 71.7 cm³/mol. The van der Waals surface area contributed by atoms with Gasteiger partial charge in [0.25, 0.3) is 0 Å². The molecule has 1 aliphatic carbocycles. The third-order valence-corrected chi connectivity index (χ3v) is 3.72. The third kappa shape index (κ3) is 2.93. The molecule has 0 saturated heterocycles. The van der Waals surface area contributed by atoms with Crippen molar-refractivity contribution in [2.45, 2.75) is 25.7 Å². The minimum absolute atomic E-state index is 0.0499. The van der Waals surface area contributed by atoms with E-state index in [4.69, 9.17) is 10.8 Å². The highest BCUT2D eigenvalue weighted by atomic mass is 16.4. The maximum atomic E-state index is 12.2. The van der Waals surface area contributed by atoms with Crippen LogP contribution >= 0.6 is 0 Å². The Labute approximate surface area is 111 Å². The molecule has 4 N–H and O–H groups in total. The summed E-state index contributed by atoms with van der Waals surface area (Å²) < 4.78 is 0. The van der Waals surface area contributed by atoms with E-state index in [0.717, 1.165) is 19.3 Å². The number of nitrogens with one attached hydrogen (secondary N) is 1. The molecule has 0 aliphatic heterocycles. The Balaban J connectivity index is 2.06. The fourth-order valence-electron chi connectivity index (χ4n) is 2.32. The van der Waals surface area contributed by atoms with Crippen LogP contribution in [-0.2, 0) is 16.0 Å². The summed E-state index contributed by atoms with van der Waals surface area (Å²) in [7, 11) is 0. The normalized spacial score (nSPS) is 16.5. The third-order valence-electron chi connectivity index (χ3n) is 3.72. The summed E-state index contributed by atoms with van der Waals surface area (Å²) in [5.74, 6) is -0.949. The zero-order chi connectivity index (χ0) is 13.9. The van der Waals surface area contributed by atoms with Crippen LogP contribution in [0.5, 0.6) is 0 Å². The second-order valence-corrected chi connectivity index (χ2v) is 5.06. The standard InChI is InChI=1S/C14H18N2O3/c15-9-14(5-2-6-14)13(19)16-11-4-1-3-10(7-11)8-12(17)18/h1,3-4,7H,2,5-6,8-9,15H2,(H,16,19)(H,17,18). The van der Waals surface area contributed by atoms with Crippen molar-refractivity contribution in [3.8, 4) is 0 Å². The molecule has 1 aromatic rings. The van der Waals surface area contributed by atoms with Crippen LogP contribution in [0.25, 0.3) is 0 Å². The molecule has 1 amide bonds. The molecule has 1 aliphatic rings. The molecule has 0 atom stereocenters. The maximum Gasteiger partial charge on any atom is 0.307 e. The molecule has 0 aromatic heterocycles. The van der Waals surface area contributed by atoms with Gasteiger partial charge in [0.2, 0.25) is 5.91 Å². The van der Waals surface area contributed by atoms with Gasteiger partial charge in [0.15, 0.2) is 0 Å². The number of rotatable bonds is 5. The number of hydrogen-bond acceptors (Lipinski definition) is 3. The van der Waals surface area contributed by atoms with Gasteiger partial charge in [-0.2, -0.15) is 0 Å². The van der Waals surface area contributed by atoms with Gasteiger partial charge >= 0.3 is 5.97 Å². The summed E-state index contributed by atoms with van der Waals surface area (Å²) in [6.45, 7) is 0.355. The predicted octanol–water partition coefficient (Wildman–Crippen LogP) is 1.38. The van der Waals surface area contributed by atoms with Crippen LogP contribution in [0.3, 0.4) is 0 Å². The number of benzene rings is 1. The van der Waals surface area contributed by atoms with E-state index in [1.165, 1.54) is 0 Å². The first-order valence-electron chi connectivity index (χ1n) is 6.38. The molecule has 5 nitrogen and oxygen atoms in total. The quantitative estimate of drug-likeness (QED) is 0.747. The van der Waals surface area contributed by atoms with Gasteiger partial charge in [-0.3, -0.25) is 9.59 Å². The highest BCUT2D eigenvalue weighted by molar-refractivity contribution is 5.96. The SMILES string of the molecule is NCC1(C(=O)Nc2cccc(CC(=O)O)c2)CCC1. The zero-order valence-corrected chi connectivity index (χ0v) is 10.7. The molecule has 5 heteroatoms. The van der Waals surface area contributed by atoms with Crippen LogP contribution < -0.4 is 11.1 Å². The molecule has 1 fully saturated rings. The van der Waals surface area contributed by atoms with Crippen molar-refractivity contribution in [3.05, 3.63) is 29.8 Å². The lowest BCUT2D eigenvalue weighted by molar-refractivity contribution is -0.136. The van der Waals surface area contributed by atoms with Crippen LogP contribution in [0.4, 0.5) is 5.69 Å². The maximum absolute atomic E-state index is 12.2. The van der Waals surface area contributed by atoms with E-state index in [1.54, 1.807) is 24.3 Å². The lowest BCUT2D eigenvalue weighted by atomic mass is 9.68. The van der Waals surface area contributed by atoms with Crippen LogP contribution in [0, 0.1) is 5.41 Å². The van der Waals surface area contributed by atoms with Crippen LogP contribution in [0.1, 0.15) is 24.8 Å². The van der Waals surface area contributed by atoms with Gasteiger partial charge in [0.05, 0.1) is 11.8 Å². The Morgan fingerprint density at radius 2 is 2.11 bits per heavy atom. The molecule has 102 valence electrons. The second kappa shape index (κ2) is 5.40. The average Bonchev–Trinajstić information content (AvgIpc) is 2.27. The van der Waals surface area contributed by atoms with E-state index in [0.29, 0.717) is 17.8 Å². The van der Waals surface area contributed by atoms with Crippen LogP contribution in [0.15, 0.2) is 24.3 Å². The highest BCUT2D eigenvalue weighted by Gasteiger charge is 2.42. The number of carboxylic acid groups (broad SMARTS) is 1. The van der Waals surface area contributed by atoms with Crippen molar-refractivity contribution in [1.29, 1.82) is 0 Å². The number of nitrogens with two attached hydrogens (primary N) is 1. The molecule has 19 heavy (non-hydrogen) atoms. The highest BCUT2D eigenvalue weighted by Crippen LogP contribution is 2.40. The lowest BCUT2D eigenvalue weighted by Gasteiger charge is -2.39. The summed E-state index contributed by atoms with van der Waals surface area (Å²) in [6.07, 6.45) is 2.63. The van der Waals surface area contributed by atoms with Crippen molar-refractivity contribution in [2.24, 2.45) is 11.1 Å². The Kier molecular flexibility index (Phi) is 3.85. The Hall–Kier alpha value is -1.88. The molecule has 1 saturated carbocycles. The molecule has 0 radical (unpaired) electrons. The number of anilines is 1. The Morgan fingerprint density at radius 3 is 2.63 bits per heavy atom. The van der Waals surface area contributed by atoms with E-state index in [2.05, 4.69) is 5.32 Å². The summed E-state index contributed by atoms with van der Waals surface area (Å²) in [5.41, 5.74) is 6.55. The molecule has 0 bridgehead atoms. The minimum Gasteiger partial charge on any atom is -0.481 e. The molecule has 0 heterocycles. The summed E-state index contributed by atoms with van der Waals surface area (Å²) in [6, 6.07) is 6.91. The smallest absolute Gasteiger partial charge is 0.307 e. The second-order valence-electron chi connectivity index (χ2n) is 5.06. The fourth-order valence-corrected chi connectivity index (χ4v) is 2.32. The monoisotopic (exact) mass is 262 g/mol. The molecule has 0 unspecified atom stereocenters. The van der Waals surface area contributed by atoms with E-state index in [-0.39, 0.29) is 12.3 Å². The van der Waals surface area contributed by atoms with Gasteiger partial charge < -0.3 is 16.2 Å². The number of carbonyl (C=O) groups is 2. The number of aliphatic carboxylic acids is 1. The number of carboxylic acids is 1. The molecule has 1 aromatic carbocycles. The first-order valence-corrected chi connectivity index (χ1v) is 6.38. The average molecular weight is 262 g/mol. The van der Waals surface area contributed by atoms with E-state index in [1.807, 2.05) is 0 Å². The molecular formula is C14H18N2O3. The van der Waals surface area contributed by atoms with Gasteiger partial charge in [-0.15, -0.1) is 0 Å². The van der Waals surface area contributed by atoms with Crippen molar-refractivity contribution in [2.75, 3.05) is 11.9 Å². The number of amides is 1. The summed E-state index contributed by atoms with van der Waals surface area (Å²) >= 11 is 0. The van der Waals surface area contributed by atoms with Gasteiger partial charge in [0.1, 0.15) is 0 Å². The number of hydrogen-bond donors (Lipinski definition) is 3. The van der Waals surface area contributed by atoms with E-state index in [9.17, 15) is 9.59 Å². The molecule has 0 spiro atoms. The summed E-state index contributed by atoms with van der Waals surface area (Å²) in [5, 5.41) is 11.6. The Morgan fingerprint density at radius 1 is 1.37 bits per heavy atom. The van der Waals surface area contributed by atoms with Crippen LogP contribution in [-0.4, -0.2) is 23.5 Å².